The molecular weight excluding hydrogens is 778 g/mol. The molecule has 0 atom stereocenters. The van der Waals surface area contributed by atoms with Crippen molar-refractivity contribution >= 4 is 43.6 Å². The summed E-state index contributed by atoms with van der Waals surface area (Å²) in [7, 11) is 0. The van der Waals surface area contributed by atoms with Crippen molar-refractivity contribution < 1.29 is 13.2 Å². The molecule has 2 aromatic heterocycles. The van der Waals surface area contributed by atoms with Crippen LogP contribution in [-0.2, 0) is 6.18 Å². The average molecular weight is 805 g/mol. The van der Waals surface area contributed by atoms with Crippen LogP contribution in [0, 0.1) is 45.3 Å². The van der Waals surface area contributed by atoms with E-state index in [-0.39, 0.29) is 33.6 Å². The molecule has 0 aliphatic carbocycles. The van der Waals surface area contributed by atoms with Crippen molar-refractivity contribution in [1.29, 1.82) is 21.0 Å². The van der Waals surface area contributed by atoms with Gasteiger partial charge in [-0.05, 0) is 82.9 Å². The zero-order valence-electron chi connectivity index (χ0n) is 32.4. The maximum atomic E-state index is 15.6. The maximum absolute atomic E-state index is 15.6. The third-order valence-corrected chi connectivity index (χ3v) is 11.5. The molecule has 290 valence electrons. The van der Waals surface area contributed by atoms with E-state index in [0.29, 0.717) is 55.4 Å². The number of alkyl halides is 3. The molecule has 0 aliphatic heterocycles. The molecule has 0 spiro atoms. The lowest BCUT2D eigenvalue weighted by molar-refractivity contribution is -0.137. The van der Waals surface area contributed by atoms with Crippen LogP contribution in [0.2, 0.25) is 0 Å². The van der Waals surface area contributed by atoms with Gasteiger partial charge in [0.25, 0.3) is 0 Å². The maximum Gasteiger partial charge on any atom is 0.417 e. The Labute approximate surface area is 352 Å². The Morgan fingerprint density at radius 2 is 0.823 bits per heavy atom. The molecule has 6 nitrogen and oxygen atoms in total. The molecule has 0 fully saturated rings. The van der Waals surface area contributed by atoms with Crippen LogP contribution >= 0.6 is 0 Å². The molecule has 0 bridgehead atoms. The molecule has 0 saturated heterocycles. The van der Waals surface area contributed by atoms with Gasteiger partial charge in [0.15, 0.2) is 0 Å². The van der Waals surface area contributed by atoms with Gasteiger partial charge < -0.3 is 9.13 Å². The summed E-state index contributed by atoms with van der Waals surface area (Å²) in [5.74, 6) is 0. The Hall–Kier alpha value is -8.89. The zero-order valence-corrected chi connectivity index (χ0v) is 32.4. The van der Waals surface area contributed by atoms with Crippen molar-refractivity contribution in [3.05, 3.63) is 192 Å². The molecule has 10 rings (SSSR count). The third-order valence-electron chi connectivity index (χ3n) is 11.5. The van der Waals surface area contributed by atoms with E-state index < -0.39 is 11.7 Å². The summed E-state index contributed by atoms with van der Waals surface area (Å²) >= 11 is 0. The number of benzene rings is 8. The van der Waals surface area contributed by atoms with Gasteiger partial charge >= 0.3 is 6.18 Å². The number of rotatable bonds is 5. The monoisotopic (exact) mass is 804 g/mol. The van der Waals surface area contributed by atoms with Crippen LogP contribution in [0.3, 0.4) is 0 Å². The van der Waals surface area contributed by atoms with Gasteiger partial charge in [-0.1, -0.05) is 103 Å². The van der Waals surface area contributed by atoms with E-state index in [2.05, 4.69) is 24.3 Å². The van der Waals surface area contributed by atoms with Crippen molar-refractivity contribution in [2.75, 3.05) is 0 Å². The van der Waals surface area contributed by atoms with E-state index >= 15 is 13.2 Å². The molecule has 0 unspecified atom stereocenters. The van der Waals surface area contributed by atoms with Crippen LogP contribution in [0.15, 0.2) is 164 Å². The summed E-state index contributed by atoms with van der Waals surface area (Å²) in [6.07, 6.45) is -4.89. The Morgan fingerprint density at radius 3 is 1.29 bits per heavy atom. The first-order chi connectivity index (χ1) is 30.2. The standard InChI is InChI=1S/C53H27F3N6/c54-53(55,56)44-17-9-12-37(31-60)51(44)52-49(61-45-18-7-5-15-40(45)42-22-20-33(26-47(42)61)38-13-3-1-10-35(38)29-58)24-32(28-57)25-50(52)62-46-19-8-6-16-41(46)43-23-21-34(27-48(43)62)39-14-4-2-11-36(39)30-59/h1-27H. The van der Waals surface area contributed by atoms with Crippen molar-refractivity contribution in [1.82, 2.24) is 9.13 Å². The Kier molecular flexibility index (Phi) is 8.70. The molecule has 0 N–H and O–H groups in total. The van der Waals surface area contributed by atoms with Gasteiger partial charge in [-0.2, -0.15) is 34.2 Å². The van der Waals surface area contributed by atoms with Gasteiger partial charge in [0.2, 0.25) is 0 Å². The summed E-state index contributed by atoms with van der Waals surface area (Å²) in [6.45, 7) is 0. The highest BCUT2D eigenvalue weighted by Gasteiger charge is 2.37. The predicted octanol–water partition coefficient (Wildman–Crippen LogP) is 13.4. The van der Waals surface area contributed by atoms with Crippen LogP contribution in [0.25, 0.3) is 88.4 Å². The smallest absolute Gasteiger partial charge is 0.308 e. The van der Waals surface area contributed by atoms with E-state index in [1.54, 1.807) is 36.4 Å². The Morgan fingerprint density at radius 1 is 0.387 bits per heavy atom. The van der Waals surface area contributed by atoms with Crippen LogP contribution in [-0.4, -0.2) is 9.13 Å². The van der Waals surface area contributed by atoms with E-state index in [0.717, 1.165) is 27.6 Å². The molecule has 8 aromatic carbocycles. The number of nitriles is 4. The Bertz CT molecular complexity index is 3500. The fourth-order valence-corrected chi connectivity index (χ4v) is 8.90. The van der Waals surface area contributed by atoms with E-state index in [9.17, 15) is 21.0 Å². The van der Waals surface area contributed by atoms with Crippen molar-refractivity contribution in [3.63, 3.8) is 0 Å². The number of hydrogen-bond donors (Lipinski definition) is 0. The van der Waals surface area contributed by atoms with E-state index in [4.69, 9.17) is 0 Å². The molecular formula is C53H27F3N6. The second-order valence-electron chi connectivity index (χ2n) is 14.8. The van der Waals surface area contributed by atoms with Crippen LogP contribution < -0.4 is 0 Å². The number of halogens is 3. The predicted molar refractivity (Wildman–Crippen MR) is 235 cm³/mol. The molecule has 0 amide bonds. The normalized spacial score (nSPS) is 11.4. The topological polar surface area (TPSA) is 105 Å². The highest BCUT2D eigenvalue weighted by Crippen LogP contribution is 2.48. The first-order valence-electron chi connectivity index (χ1n) is 19.5. The van der Waals surface area contributed by atoms with Gasteiger partial charge in [-0.3, -0.25) is 0 Å². The van der Waals surface area contributed by atoms with Crippen LogP contribution in [0.5, 0.6) is 0 Å². The SMILES string of the molecule is N#Cc1cc(-n2c3ccccc3c3ccc(-c4ccccc4C#N)cc32)c(-c2c(C#N)cccc2C(F)(F)F)c(-n2c3ccccc3c3ccc(-c4ccccc4C#N)cc32)c1. The first-order valence-corrected chi connectivity index (χ1v) is 19.5. The number of nitrogens with zero attached hydrogens (tertiary/aromatic N) is 6. The lowest BCUT2D eigenvalue weighted by Crippen LogP contribution is -2.12. The molecule has 9 heteroatoms. The number of para-hydroxylation sites is 2. The molecule has 0 aliphatic rings. The summed E-state index contributed by atoms with van der Waals surface area (Å²) in [5.41, 5.74) is 5.32. The first kappa shape index (κ1) is 37.4. The lowest BCUT2D eigenvalue weighted by atomic mass is 9.90. The minimum absolute atomic E-state index is 0.0736. The largest absolute Gasteiger partial charge is 0.417 e. The second kappa shape index (κ2) is 14.4. The fourth-order valence-electron chi connectivity index (χ4n) is 8.90. The minimum atomic E-state index is -4.89. The fraction of sp³-hybridized carbons (Fsp3) is 0.0189. The van der Waals surface area contributed by atoms with Gasteiger partial charge in [-0.25, -0.2) is 0 Å². The highest BCUT2D eigenvalue weighted by molar-refractivity contribution is 6.13. The van der Waals surface area contributed by atoms with Gasteiger partial charge in [0.1, 0.15) is 0 Å². The second-order valence-corrected chi connectivity index (χ2v) is 14.8. The number of hydrogen-bond acceptors (Lipinski definition) is 4. The molecule has 0 saturated carbocycles. The molecule has 2 heterocycles. The van der Waals surface area contributed by atoms with Gasteiger partial charge in [-0.15, -0.1) is 0 Å². The summed E-state index contributed by atoms with van der Waals surface area (Å²) in [4.78, 5) is 0. The highest BCUT2D eigenvalue weighted by atomic mass is 19.4. The summed E-state index contributed by atoms with van der Waals surface area (Å²) in [6, 6.07) is 56.6. The van der Waals surface area contributed by atoms with Crippen LogP contribution in [0.1, 0.15) is 27.8 Å². The van der Waals surface area contributed by atoms with Gasteiger partial charge in [0.05, 0.1) is 85.5 Å². The minimum Gasteiger partial charge on any atom is -0.308 e. The zero-order chi connectivity index (χ0) is 42.7. The molecule has 62 heavy (non-hydrogen) atoms. The van der Waals surface area contributed by atoms with Crippen molar-refractivity contribution in [2.24, 2.45) is 0 Å². The molecule has 0 radical (unpaired) electrons. The third kappa shape index (κ3) is 5.77. The number of aromatic nitrogens is 2. The average Bonchev–Trinajstić information content (AvgIpc) is 3.82. The van der Waals surface area contributed by atoms with E-state index in [1.807, 2.05) is 118 Å². The number of fused-ring (bicyclic) bond motifs is 6. The Balaban J connectivity index is 1.43. The van der Waals surface area contributed by atoms with Gasteiger partial charge in [0, 0.05) is 32.7 Å². The summed E-state index contributed by atoms with van der Waals surface area (Å²) in [5, 5.41) is 44.8. The molecule has 10 aromatic rings. The van der Waals surface area contributed by atoms with Crippen molar-refractivity contribution in [3.8, 4) is 69.0 Å². The quantitative estimate of drug-likeness (QED) is 0.173. The van der Waals surface area contributed by atoms with Crippen LogP contribution in [0.4, 0.5) is 13.2 Å². The summed E-state index contributed by atoms with van der Waals surface area (Å²) < 4.78 is 50.4. The van der Waals surface area contributed by atoms with Crippen molar-refractivity contribution in [2.45, 2.75) is 6.18 Å². The van der Waals surface area contributed by atoms with E-state index in [1.165, 1.54) is 12.1 Å². The lowest BCUT2D eigenvalue weighted by Gasteiger charge is -2.24.